The van der Waals surface area contributed by atoms with Crippen molar-refractivity contribution in [2.24, 2.45) is 0 Å². The maximum Gasteiger partial charge on any atom is 0.116 e. The van der Waals surface area contributed by atoms with Crippen molar-refractivity contribution in [3.63, 3.8) is 0 Å². The predicted molar refractivity (Wildman–Crippen MR) is 51.2 cm³/mol. The highest BCUT2D eigenvalue weighted by Crippen LogP contribution is 2.23. The molecule has 1 aromatic carbocycles. The monoisotopic (exact) mass is 163 g/mol. The molecule has 1 aromatic rings. The zero-order chi connectivity index (χ0) is 9.14. The highest BCUT2D eigenvalue weighted by molar-refractivity contribution is 5.56. The average Bonchev–Trinajstić information content (AvgIpc) is 2.00. The fourth-order valence-electron chi connectivity index (χ4n) is 1.18. The largest absolute Gasteiger partial charge is 0.508 e. The lowest BCUT2D eigenvalue weighted by atomic mass is 10.1. The van der Waals surface area contributed by atoms with E-state index in [2.05, 4.69) is 6.58 Å². The van der Waals surface area contributed by atoms with Gasteiger partial charge in [-0.15, -0.1) is 6.58 Å². The van der Waals surface area contributed by atoms with Gasteiger partial charge >= 0.3 is 0 Å². The first kappa shape index (κ1) is 8.65. The van der Waals surface area contributed by atoms with Crippen LogP contribution in [0.2, 0.25) is 0 Å². The molecule has 0 bridgehead atoms. The fourth-order valence-corrected chi connectivity index (χ4v) is 1.18. The van der Waals surface area contributed by atoms with Gasteiger partial charge in [0.25, 0.3) is 0 Å². The zero-order valence-electron chi connectivity index (χ0n) is 7.17. The van der Waals surface area contributed by atoms with E-state index in [4.69, 9.17) is 5.73 Å². The molecule has 0 saturated heterocycles. The van der Waals surface area contributed by atoms with Crippen LogP contribution in [0.15, 0.2) is 24.8 Å². The van der Waals surface area contributed by atoms with Crippen LogP contribution in [-0.2, 0) is 6.42 Å². The molecule has 0 aliphatic rings. The molecule has 0 aliphatic carbocycles. The van der Waals surface area contributed by atoms with Gasteiger partial charge in [-0.25, -0.2) is 0 Å². The van der Waals surface area contributed by atoms with Gasteiger partial charge in [-0.2, -0.15) is 0 Å². The van der Waals surface area contributed by atoms with Crippen LogP contribution in [0.3, 0.4) is 0 Å². The van der Waals surface area contributed by atoms with Crippen molar-refractivity contribution in [3.8, 4) is 5.75 Å². The van der Waals surface area contributed by atoms with E-state index < -0.39 is 0 Å². The number of nitrogen functional groups attached to an aromatic ring is 1. The summed E-state index contributed by atoms with van der Waals surface area (Å²) in [5.74, 6) is 0.263. The van der Waals surface area contributed by atoms with E-state index >= 15 is 0 Å². The van der Waals surface area contributed by atoms with Crippen LogP contribution in [0.25, 0.3) is 0 Å². The Morgan fingerprint density at radius 1 is 1.58 bits per heavy atom. The van der Waals surface area contributed by atoms with Crippen molar-refractivity contribution in [2.75, 3.05) is 5.73 Å². The van der Waals surface area contributed by atoms with E-state index in [1.165, 1.54) is 0 Å². The molecule has 0 aliphatic heterocycles. The van der Waals surface area contributed by atoms with Gasteiger partial charge in [-0.05, 0) is 36.6 Å². The summed E-state index contributed by atoms with van der Waals surface area (Å²) in [5, 5.41) is 9.26. The van der Waals surface area contributed by atoms with Gasteiger partial charge < -0.3 is 10.8 Å². The first-order valence-corrected chi connectivity index (χ1v) is 3.84. The summed E-state index contributed by atoms with van der Waals surface area (Å²) in [6.07, 6.45) is 2.46. The molecular weight excluding hydrogens is 150 g/mol. The number of phenolic OH excluding ortho intramolecular Hbond substituents is 1. The molecule has 0 saturated carbocycles. The van der Waals surface area contributed by atoms with Crippen molar-refractivity contribution in [3.05, 3.63) is 35.9 Å². The number of rotatable bonds is 2. The maximum atomic E-state index is 9.26. The molecular formula is C10H13NO. The van der Waals surface area contributed by atoms with Crippen LogP contribution in [0, 0.1) is 6.92 Å². The van der Waals surface area contributed by atoms with Gasteiger partial charge in [0.1, 0.15) is 5.75 Å². The second-order valence-electron chi connectivity index (χ2n) is 2.83. The van der Waals surface area contributed by atoms with E-state index in [0.717, 1.165) is 16.8 Å². The van der Waals surface area contributed by atoms with E-state index in [1.807, 2.05) is 6.92 Å². The van der Waals surface area contributed by atoms with Crippen molar-refractivity contribution in [1.82, 2.24) is 0 Å². The standard InChI is InChI=1S/C10H13NO/c1-3-4-8-6-9(12)5-7(2)10(8)11/h3,5-6,12H,1,4,11H2,2H3. The van der Waals surface area contributed by atoms with Crippen LogP contribution >= 0.6 is 0 Å². The van der Waals surface area contributed by atoms with Crippen LogP contribution in [-0.4, -0.2) is 5.11 Å². The summed E-state index contributed by atoms with van der Waals surface area (Å²) in [7, 11) is 0. The second kappa shape index (κ2) is 3.30. The fraction of sp³-hybridized carbons (Fsp3) is 0.200. The molecule has 2 heteroatoms. The molecule has 0 fully saturated rings. The maximum absolute atomic E-state index is 9.26. The number of anilines is 1. The third-order valence-corrected chi connectivity index (χ3v) is 1.82. The first-order valence-electron chi connectivity index (χ1n) is 3.84. The lowest BCUT2D eigenvalue weighted by Crippen LogP contribution is -1.95. The van der Waals surface area contributed by atoms with Gasteiger partial charge in [0.2, 0.25) is 0 Å². The van der Waals surface area contributed by atoms with Gasteiger partial charge in [-0.1, -0.05) is 6.08 Å². The van der Waals surface area contributed by atoms with Crippen molar-refractivity contribution in [1.29, 1.82) is 0 Å². The number of hydrogen-bond acceptors (Lipinski definition) is 2. The van der Waals surface area contributed by atoms with Crippen LogP contribution in [0.1, 0.15) is 11.1 Å². The van der Waals surface area contributed by atoms with Crippen LogP contribution < -0.4 is 5.73 Å². The molecule has 0 heterocycles. The Morgan fingerprint density at radius 2 is 2.25 bits per heavy atom. The molecule has 0 aromatic heterocycles. The molecule has 0 spiro atoms. The third kappa shape index (κ3) is 1.59. The minimum Gasteiger partial charge on any atom is -0.508 e. The molecule has 0 radical (unpaired) electrons. The van der Waals surface area contributed by atoms with Gasteiger partial charge in [-0.3, -0.25) is 0 Å². The number of hydrogen-bond donors (Lipinski definition) is 2. The molecule has 2 nitrogen and oxygen atoms in total. The van der Waals surface area contributed by atoms with E-state index in [9.17, 15) is 5.11 Å². The number of nitrogens with two attached hydrogens (primary N) is 1. The summed E-state index contributed by atoms with van der Waals surface area (Å²) < 4.78 is 0. The normalized spacial score (nSPS) is 9.75. The van der Waals surface area contributed by atoms with Crippen molar-refractivity contribution in [2.45, 2.75) is 13.3 Å². The second-order valence-corrected chi connectivity index (χ2v) is 2.83. The van der Waals surface area contributed by atoms with E-state index in [1.54, 1.807) is 18.2 Å². The van der Waals surface area contributed by atoms with Crippen molar-refractivity contribution >= 4 is 5.69 Å². The highest BCUT2D eigenvalue weighted by atomic mass is 16.3. The topological polar surface area (TPSA) is 46.2 Å². The molecule has 0 atom stereocenters. The predicted octanol–water partition coefficient (Wildman–Crippen LogP) is 2.01. The highest BCUT2D eigenvalue weighted by Gasteiger charge is 2.02. The van der Waals surface area contributed by atoms with E-state index in [-0.39, 0.29) is 5.75 Å². The number of phenols is 1. The summed E-state index contributed by atoms with van der Waals surface area (Å²) in [6, 6.07) is 3.33. The number of aromatic hydroxyl groups is 1. The Bertz CT molecular complexity index is 305. The van der Waals surface area contributed by atoms with Crippen LogP contribution in [0.4, 0.5) is 5.69 Å². The molecule has 3 N–H and O–H groups in total. The smallest absolute Gasteiger partial charge is 0.116 e. The first-order chi connectivity index (χ1) is 5.65. The van der Waals surface area contributed by atoms with E-state index in [0.29, 0.717) is 6.42 Å². The summed E-state index contributed by atoms with van der Waals surface area (Å²) in [5.41, 5.74) is 8.36. The number of allylic oxidation sites excluding steroid dienone is 1. The lowest BCUT2D eigenvalue weighted by Gasteiger charge is -2.06. The summed E-state index contributed by atoms with van der Waals surface area (Å²) >= 11 is 0. The van der Waals surface area contributed by atoms with Gasteiger partial charge in [0.15, 0.2) is 0 Å². The Kier molecular flexibility index (Phi) is 2.38. The van der Waals surface area contributed by atoms with Crippen LogP contribution in [0.5, 0.6) is 5.75 Å². The van der Waals surface area contributed by atoms with Gasteiger partial charge in [0.05, 0.1) is 0 Å². The lowest BCUT2D eigenvalue weighted by molar-refractivity contribution is 0.474. The Balaban J connectivity index is 3.17. The molecule has 1 rings (SSSR count). The Morgan fingerprint density at radius 3 is 2.83 bits per heavy atom. The number of benzene rings is 1. The minimum atomic E-state index is 0.263. The molecule has 64 valence electrons. The van der Waals surface area contributed by atoms with Crippen molar-refractivity contribution < 1.29 is 5.11 Å². The third-order valence-electron chi connectivity index (χ3n) is 1.82. The molecule has 0 amide bonds. The Hall–Kier alpha value is -1.44. The molecule has 0 unspecified atom stereocenters. The minimum absolute atomic E-state index is 0.263. The number of aryl methyl sites for hydroxylation is 1. The summed E-state index contributed by atoms with van der Waals surface area (Å²) in [6.45, 7) is 5.50. The quantitative estimate of drug-likeness (QED) is 0.398. The Labute approximate surface area is 72.3 Å². The summed E-state index contributed by atoms with van der Waals surface area (Å²) in [4.78, 5) is 0. The van der Waals surface area contributed by atoms with Gasteiger partial charge in [0, 0.05) is 5.69 Å². The zero-order valence-corrected chi connectivity index (χ0v) is 7.17. The molecule has 12 heavy (non-hydrogen) atoms. The average molecular weight is 163 g/mol. The SMILES string of the molecule is C=CCc1cc(O)cc(C)c1N.